The quantitative estimate of drug-likeness (QED) is 0.856. The predicted octanol–water partition coefficient (Wildman–Crippen LogP) is 2.62. The number of anilines is 1. The minimum absolute atomic E-state index is 0.307. The Morgan fingerprint density at radius 2 is 1.94 bits per heavy atom. The smallest absolute Gasteiger partial charge is 0.223 e. The molecule has 0 amide bonds. The number of benzene rings is 1. The molecule has 5 heteroatoms. The topological polar surface area (TPSA) is 64.7 Å². The van der Waals surface area contributed by atoms with E-state index in [1.165, 1.54) is 10.5 Å². The zero-order valence-corrected chi connectivity index (χ0v) is 11.4. The molecule has 0 radical (unpaired) electrons. The molecule has 4 nitrogen and oxygen atoms in total. The van der Waals surface area contributed by atoms with Crippen molar-refractivity contribution in [3.63, 3.8) is 0 Å². The lowest BCUT2D eigenvalue weighted by atomic mass is 10.2. The second-order valence-corrected chi connectivity index (χ2v) is 5.03. The van der Waals surface area contributed by atoms with E-state index in [4.69, 9.17) is 5.73 Å². The highest BCUT2D eigenvalue weighted by Crippen LogP contribution is 2.22. The van der Waals surface area contributed by atoms with Gasteiger partial charge in [-0.2, -0.15) is 9.97 Å². The van der Waals surface area contributed by atoms with Gasteiger partial charge in [0, 0.05) is 11.3 Å². The number of nitrogens with zero attached hydrogens (tertiary/aromatic N) is 3. The summed E-state index contributed by atoms with van der Waals surface area (Å²) in [6, 6.07) is 8.37. The first kappa shape index (κ1) is 12.8. The highest BCUT2D eigenvalue weighted by atomic mass is 32.2. The first-order valence-corrected chi connectivity index (χ1v) is 6.84. The van der Waals surface area contributed by atoms with Crippen molar-refractivity contribution < 1.29 is 0 Å². The van der Waals surface area contributed by atoms with E-state index >= 15 is 0 Å². The Morgan fingerprint density at radius 3 is 2.67 bits per heavy atom. The fourth-order valence-corrected chi connectivity index (χ4v) is 2.43. The number of hydrogen-bond acceptors (Lipinski definition) is 5. The van der Waals surface area contributed by atoms with Crippen molar-refractivity contribution >= 4 is 17.7 Å². The van der Waals surface area contributed by atoms with Crippen LogP contribution in [-0.2, 0) is 12.2 Å². The van der Waals surface area contributed by atoms with Crippen molar-refractivity contribution in [3.8, 4) is 0 Å². The summed E-state index contributed by atoms with van der Waals surface area (Å²) in [4.78, 5) is 13.8. The number of aromatic nitrogens is 3. The molecule has 0 aliphatic carbocycles. The second kappa shape index (κ2) is 5.82. The first-order valence-electron chi connectivity index (χ1n) is 5.86. The molecule has 0 unspecified atom stereocenters. The predicted molar refractivity (Wildman–Crippen MR) is 74.4 cm³/mol. The van der Waals surface area contributed by atoms with Crippen LogP contribution in [0.25, 0.3) is 0 Å². The van der Waals surface area contributed by atoms with Crippen molar-refractivity contribution in [2.45, 2.75) is 30.9 Å². The molecule has 2 N–H and O–H groups in total. The molecule has 94 valence electrons. The van der Waals surface area contributed by atoms with E-state index in [0.717, 1.165) is 18.1 Å². The van der Waals surface area contributed by atoms with Gasteiger partial charge in [-0.05, 0) is 19.1 Å². The first-order chi connectivity index (χ1) is 8.67. The zero-order chi connectivity index (χ0) is 13.0. The Labute approximate surface area is 111 Å². The normalized spacial score (nSPS) is 10.6. The van der Waals surface area contributed by atoms with Gasteiger partial charge >= 0.3 is 0 Å². The standard InChI is InChI=1S/C13H16N4S/c1-3-11-15-12(17-13(14)16-11)8-18-10-6-4-5-9(2)7-10/h4-7H,3,8H2,1-2H3,(H2,14,15,16,17). The van der Waals surface area contributed by atoms with Crippen LogP contribution in [0.5, 0.6) is 0 Å². The molecule has 0 bridgehead atoms. The summed E-state index contributed by atoms with van der Waals surface area (Å²) in [6.45, 7) is 4.09. The molecule has 0 fully saturated rings. The van der Waals surface area contributed by atoms with Gasteiger partial charge < -0.3 is 5.73 Å². The van der Waals surface area contributed by atoms with E-state index in [-0.39, 0.29) is 0 Å². The average molecular weight is 260 g/mol. The number of rotatable bonds is 4. The summed E-state index contributed by atoms with van der Waals surface area (Å²) in [5.41, 5.74) is 6.91. The van der Waals surface area contributed by atoms with Crippen LogP contribution in [0, 0.1) is 6.92 Å². The van der Waals surface area contributed by atoms with Crippen molar-refractivity contribution in [2.75, 3.05) is 5.73 Å². The largest absolute Gasteiger partial charge is 0.368 e. The molecular formula is C13H16N4S. The summed E-state index contributed by atoms with van der Waals surface area (Å²) in [6.07, 6.45) is 0.773. The monoisotopic (exact) mass is 260 g/mol. The Hall–Kier alpha value is -1.62. The minimum atomic E-state index is 0.307. The molecule has 0 aliphatic heterocycles. The maximum Gasteiger partial charge on any atom is 0.223 e. The van der Waals surface area contributed by atoms with E-state index in [1.54, 1.807) is 11.8 Å². The number of nitrogen functional groups attached to an aromatic ring is 1. The van der Waals surface area contributed by atoms with Gasteiger partial charge in [-0.25, -0.2) is 4.98 Å². The molecule has 0 aliphatic rings. The Balaban J connectivity index is 2.08. The molecular weight excluding hydrogens is 244 g/mol. The summed E-state index contributed by atoms with van der Waals surface area (Å²) in [7, 11) is 0. The van der Waals surface area contributed by atoms with Crippen LogP contribution in [-0.4, -0.2) is 15.0 Å². The third kappa shape index (κ3) is 3.43. The molecule has 0 saturated carbocycles. The Bertz CT molecular complexity index is 542. The average Bonchev–Trinajstić information content (AvgIpc) is 2.36. The van der Waals surface area contributed by atoms with Gasteiger partial charge in [0.1, 0.15) is 11.6 Å². The van der Waals surface area contributed by atoms with Crippen molar-refractivity contribution in [3.05, 3.63) is 41.5 Å². The highest BCUT2D eigenvalue weighted by molar-refractivity contribution is 7.98. The molecule has 1 aromatic heterocycles. The third-order valence-corrected chi connectivity index (χ3v) is 3.41. The van der Waals surface area contributed by atoms with Crippen molar-refractivity contribution in [1.82, 2.24) is 15.0 Å². The molecule has 1 aromatic carbocycles. The van der Waals surface area contributed by atoms with Crippen LogP contribution >= 0.6 is 11.8 Å². The number of aryl methyl sites for hydroxylation is 2. The van der Waals surface area contributed by atoms with Crippen LogP contribution in [0.1, 0.15) is 24.1 Å². The van der Waals surface area contributed by atoms with Gasteiger partial charge in [0.25, 0.3) is 0 Å². The van der Waals surface area contributed by atoms with E-state index in [2.05, 4.69) is 46.1 Å². The number of thioether (sulfide) groups is 1. The minimum Gasteiger partial charge on any atom is -0.368 e. The highest BCUT2D eigenvalue weighted by Gasteiger charge is 2.04. The van der Waals surface area contributed by atoms with Gasteiger partial charge in [-0.3, -0.25) is 0 Å². The van der Waals surface area contributed by atoms with E-state index in [0.29, 0.717) is 11.7 Å². The fraction of sp³-hybridized carbons (Fsp3) is 0.308. The van der Waals surface area contributed by atoms with Gasteiger partial charge in [-0.15, -0.1) is 11.8 Å². The summed E-state index contributed by atoms with van der Waals surface area (Å²) in [5.74, 6) is 2.51. The Kier molecular flexibility index (Phi) is 4.15. The van der Waals surface area contributed by atoms with Gasteiger partial charge in [0.2, 0.25) is 5.95 Å². The van der Waals surface area contributed by atoms with E-state index in [1.807, 2.05) is 6.92 Å². The lowest BCUT2D eigenvalue weighted by Crippen LogP contribution is -2.05. The zero-order valence-electron chi connectivity index (χ0n) is 10.6. The summed E-state index contributed by atoms with van der Waals surface area (Å²) >= 11 is 1.71. The third-order valence-electron chi connectivity index (χ3n) is 2.42. The van der Waals surface area contributed by atoms with Crippen LogP contribution in [0.2, 0.25) is 0 Å². The van der Waals surface area contributed by atoms with Gasteiger partial charge in [-0.1, -0.05) is 24.6 Å². The van der Waals surface area contributed by atoms with Gasteiger partial charge in [0.15, 0.2) is 0 Å². The number of nitrogens with two attached hydrogens (primary N) is 1. The Morgan fingerprint density at radius 1 is 1.17 bits per heavy atom. The molecule has 18 heavy (non-hydrogen) atoms. The lowest BCUT2D eigenvalue weighted by molar-refractivity contribution is 0.866. The van der Waals surface area contributed by atoms with Crippen LogP contribution in [0.15, 0.2) is 29.2 Å². The van der Waals surface area contributed by atoms with Crippen LogP contribution in [0.4, 0.5) is 5.95 Å². The second-order valence-electron chi connectivity index (χ2n) is 3.98. The van der Waals surface area contributed by atoms with Crippen molar-refractivity contribution in [2.24, 2.45) is 0 Å². The molecule has 2 aromatic rings. The maximum absolute atomic E-state index is 5.66. The molecule has 2 rings (SSSR count). The van der Waals surface area contributed by atoms with Crippen molar-refractivity contribution in [1.29, 1.82) is 0 Å². The molecule has 1 heterocycles. The number of hydrogen-bond donors (Lipinski definition) is 1. The SMILES string of the molecule is CCc1nc(N)nc(CSc2cccc(C)c2)n1. The van der Waals surface area contributed by atoms with Crippen LogP contribution < -0.4 is 5.73 Å². The summed E-state index contributed by atoms with van der Waals surface area (Å²) < 4.78 is 0. The van der Waals surface area contributed by atoms with E-state index < -0.39 is 0 Å². The fourth-order valence-electron chi connectivity index (χ4n) is 1.56. The summed E-state index contributed by atoms with van der Waals surface area (Å²) in [5, 5.41) is 0. The molecule has 0 spiro atoms. The molecule has 0 atom stereocenters. The maximum atomic E-state index is 5.66. The van der Waals surface area contributed by atoms with Gasteiger partial charge in [0.05, 0.1) is 5.75 Å². The van der Waals surface area contributed by atoms with Crippen LogP contribution in [0.3, 0.4) is 0 Å². The molecule has 0 saturated heterocycles. The van der Waals surface area contributed by atoms with E-state index in [9.17, 15) is 0 Å². The lowest BCUT2D eigenvalue weighted by Gasteiger charge is -2.04.